The molecule has 15 nitrogen and oxygen atoms in total. The molecule has 2 aromatic carbocycles. The van der Waals surface area contributed by atoms with Crippen LogP contribution < -0.4 is 38.5 Å². The van der Waals surface area contributed by atoms with Gasteiger partial charge in [-0.25, -0.2) is 0 Å². The van der Waals surface area contributed by atoms with Gasteiger partial charge in [-0.2, -0.15) is 0 Å². The first-order chi connectivity index (χ1) is 23.3. The number of hydrogen-bond acceptors (Lipinski definition) is 7. The van der Waals surface area contributed by atoms with Gasteiger partial charge in [0.2, 0.25) is 23.6 Å². The van der Waals surface area contributed by atoms with Crippen molar-refractivity contribution in [1.29, 1.82) is 10.8 Å². The Kier molecular flexibility index (Phi) is 14.8. The molecule has 1 aliphatic heterocycles. The Balaban J connectivity index is 1.78. The first-order valence-electron chi connectivity index (χ1n) is 16.5. The molecular formula is C34H51N11O4. The summed E-state index contributed by atoms with van der Waals surface area (Å²) in [6.45, 7) is 5.19. The Morgan fingerprint density at radius 1 is 0.714 bits per heavy atom. The highest BCUT2D eigenvalue weighted by Crippen LogP contribution is 2.11. The lowest BCUT2D eigenvalue weighted by molar-refractivity contribution is -0.137. The van der Waals surface area contributed by atoms with E-state index in [4.69, 9.17) is 28.0 Å². The van der Waals surface area contributed by atoms with Crippen LogP contribution in [0.15, 0.2) is 60.7 Å². The number of amides is 4. The first kappa shape index (κ1) is 38.3. The highest BCUT2D eigenvalue weighted by Gasteiger charge is 2.33. The van der Waals surface area contributed by atoms with E-state index in [1.165, 1.54) is 0 Å². The number of nitrogens with zero attached hydrogens (tertiary/aromatic N) is 2. The molecule has 3 rings (SSSR count). The summed E-state index contributed by atoms with van der Waals surface area (Å²) in [5, 5.41) is 26.3. The zero-order valence-electron chi connectivity index (χ0n) is 28.3. The van der Waals surface area contributed by atoms with Crippen molar-refractivity contribution >= 4 is 35.5 Å². The fourth-order valence-corrected chi connectivity index (χ4v) is 5.56. The van der Waals surface area contributed by atoms with Gasteiger partial charge in [0.05, 0.1) is 6.04 Å². The molecular weight excluding hydrogens is 626 g/mol. The summed E-state index contributed by atoms with van der Waals surface area (Å²) in [6.07, 6.45) is 1.25. The van der Waals surface area contributed by atoms with Crippen LogP contribution in [0, 0.1) is 16.7 Å². The van der Waals surface area contributed by atoms with Crippen LogP contribution >= 0.6 is 0 Å². The Bertz CT molecular complexity index is 1420. The van der Waals surface area contributed by atoms with Gasteiger partial charge in [0, 0.05) is 39.1 Å². The maximum Gasteiger partial charge on any atom is 0.247 e. The maximum absolute atomic E-state index is 13.9. The summed E-state index contributed by atoms with van der Waals surface area (Å²) in [5.74, 6) is -2.56. The van der Waals surface area contributed by atoms with Crippen molar-refractivity contribution < 1.29 is 19.2 Å². The molecule has 15 heteroatoms. The highest BCUT2D eigenvalue weighted by atomic mass is 16.2. The van der Waals surface area contributed by atoms with Gasteiger partial charge in [0.25, 0.3) is 0 Å². The fraction of sp³-hybridized carbons (Fsp3) is 0.471. The molecule has 49 heavy (non-hydrogen) atoms. The number of carbonyl (C=O) groups is 4. The number of rotatable bonds is 15. The predicted molar refractivity (Wildman–Crippen MR) is 188 cm³/mol. The second-order valence-corrected chi connectivity index (χ2v) is 12.6. The molecule has 4 amide bonds. The largest absolute Gasteiger partial charge is 0.370 e. The smallest absolute Gasteiger partial charge is 0.247 e. The number of nitrogens with one attached hydrogen (secondary N) is 6. The minimum atomic E-state index is -1.11. The van der Waals surface area contributed by atoms with Crippen LogP contribution in [0.4, 0.5) is 0 Å². The molecule has 1 heterocycles. The van der Waals surface area contributed by atoms with Gasteiger partial charge in [-0.15, -0.1) is 0 Å². The van der Waals surface area contributed by atoms with Crippen molar-refractivity contribution in [3.8, 4) is 0 Å². The van der Waals surface area contributed by atoms with Crippen molar-refractivity contribution in [1.82, 2.24) is 31.1 Å². The number of nitrogens with two attached hydrogens (primary N) is 3. The van der Waals surface area contributed by atoms with Gasteiger partial charge < -0.3 is 48.3 Å². The molecule has 0 bridgehead atoms. The van der Waals surface area contributed by atoms with Crippen LogP contribution in [-0.2, 0) is 32.0 Å². The lowest BCUT2D eigenvalue weighted by Gasteiger charge is -2.29. The highest BCUT2D eigenvalue weighted by molar-refractivity contribution is 5.95. The molecule has 4 atom stereocenters. The molecule has 0 spiro atoms. The molecule has 0 aliphatic carbocycles. The average molecular weight is 678 g/mol. The SMILES string of the molecule is CC(C)C[C@@H](NC(=O)[C@@H](Cc1ccccc1)NC(=O)[C@H](N)Cc1ccccc1)C(=O)N[C@H](CNC(=N)N)C(=O)N1CCCN(C(=N)N)CC1. The lowest BCUT2D eigenvalue weighted by atomic mass is 10.00. The Labute approximate surface area is 287 Å². The van der Waals surface area contributed by atoms with Gasteiger partial charge in [0.15, 0.2) is 11.9 Å². The zero-order chi connectivity index (χ0) is 35.9. The fourth-order valence-electron chi connectivity index (χ4n) is 5.56. The number of hydrogen-bond donors (Lipinski definition) is 9. The van der Waals surface area contributed by atoms with E-state index in [0.717, 1.165) is 11.1 Å². The number of guanidine groups is 2. The monoisotopic (exact) mass is 677 g/mol. The summed E-state index contributed by atoms with van der Waals surface area (Å²) in [6, 6.07) is 14.4. The van der Waals surface area contributed by atoms with Crippen molar-refractivity contribution in [3.05, 3.63) is 71.8 Å². The standard InChI is InChI=1S/C34H51N11O4/c1-22(2)18-26(30(47)43-28(21-40-33(36)37)32(49)44-14-9-15-45(17-16-44)34(38)39)42-31(48)27(20-24-12-7-4-8-13-24)41-29(46)25(35)19-23-10-5-3-6-11-23/h3-8,10-13,22,25-28H,9,14-21,35H2,1-2H3,(H3,38,39)(H,41,46)(H,42,48)(H,43,47)(H4,36,37,40)/t25-,26-,27-,28-/m1/s1. The van der Waals surface area contributed by atoms with Crippen molar-refractivity contribution in [2.75, 3.05) is 32.7 Å². The van der Waals surface area contributed by atoms with Gasteiger partial charge >= 0.3 is 0 Å². The van der Waals surface area contributed by atoms with E-state index in [2.05, 4.69) is 21.3 Å². The van der Waals surface area contributed by atoms with Crippen LogP contribution in [0.3, 0.4) is 0 Å². The van der Waals surface area contributed by atoms with Crippen LogP contribution in [0.5, 0.6) is 0 Å². The number of carbonyl (C=O) groups excluding carboxylic acids is 4. The summed E-state index contributed by atoms with van der Waals surface area (Å²) in [4.78, 5) is 57.8. The predicted octanol–water partition coefficient (Wildman–Crippen LogP) is -0.790. The molecule has 0 aromatic heterocycles. The molecule has 266 valence electrons. The second-order valence-electron chi connectivity index (χ2n) is 12.6. The minimum absolute atomic E-state index is 0.0230. The second kappa shape index (κ2) is 19.0. The lowest BCUT2D eigenvalue weighted by Crippen LogP contribution is -2.60. The topological polar surface area (TPSA) is 249 Å². The summed E-state index contributed by atoms with van der Waals surface area (Å²) < 4.78 is 0. The van der Waals surface area contributed by atoms with E-state index in [-0.39, 0.29) is 50.2 Å². The van der Waals surface area contributed by atoms with Crippen LogP contribution in [0.2, 0.25) is 0 Å². The third kappa shape index (κ3) is 12.7. The van der Waals surface area contributed by atoms with E-state index in [0.29, 0.717) is 26.1 Å². The first-order valence-corrected chi connectivity index (χ1v) is 16.5. The van der Waals surface area contributed by atoms with Gasteiger partial charge in [-0.3, -0.25) is 30.0 Å². The van der Waals surface area contributed by atoms with Crippen LogP contribution in [0.25, 0.3) is 0 Å². The van der Waals surface area contributed by atoms with E-state index >= 15 is 0 Å². The maximum atomic E-state index is 13.9. The van der Waals surface area contributed by atoms with Gasteiger partial charge in [-0.1, -0.05) is 74.5 Å². The van der Waals surface area contributed by atoms with Crippen LogP contribution in [0.1, 0.15) is 37.8 Å². The zero-order valence-corrected chi connectivity index (χ0v) is 28.3. The Hall–Kier alpha value is -5.18. The normalized spacial score (nSPS) is 15.6. The van der Waals surface area contributed by atoms with E-state index in [1.807, 2.05) is 74.5 Å². The van der Waals surface area contributed by atoms with E-state index < -0.39 is 47.8 Å². The molecule has 0 unspecified atom stereocenters. The quantitative estimate of drug-likeness (QED) is 0.0845. The Morgan fingerprint density at radius 3 is 1.80 bits per heavy atom. The van der Waals surface area contributed by atoms with E-state index in [1.54, 1.807) is 9.80 Å². The Morgan fingerprint density at radius 2 is 1.22 bits per heavy atom. The molecule has 1 fully saturated rings. The molecule has 12 N–H and O–H groups in total. The van der Waals surface area contributed by atoms with Crippen molar-refractivity contribution in [2.45, 2.75) is 63.7 Å². The third-order valence-corrected chi connectivity index (χ3v) is 8.15. The third-order valence-electron chi connectivity index (χ3n) is 8.15. The molecule has 1 aliphatic rings. The molecule has 0 saturated carbocycles. The average Bonchev–Trinajstić information content (AvgIpc) is 3.33. The van der Waals surface area contributed by atoms with E-state index in [9.17, 15) is 19.2 Å². The number of benzene rings is 2. The molecule has 1 saturated heterocycles. The molecule has 0 radical (unpaired) electrons. The van der Waals surface area contributed by atoms with Crippen molar-refractivity contribution in [3.63, 3.8) is 0 Å². The van der Waals surface area contributed by atoms with Crippen LogP contribution in [-0.4, -0.2) is 102 Å². The minimum Gasteiger partial charge on any atom is -0.370 e. The summed E-state index contributed by atoms with van der Waals surface area (Å²) in [7, 11) is 0. The van der Waals surface area contributed by atoms with Crippen molar-refractivity contribution in [2.24, 2.45) is 23.1 Å². The summed E-state index contributed by atoms with van der Waals surface area (Å²) in [5.41, 5.74) is 19.1. The molecule has 2 aromatic rings. The summed E-state index contributed by atoms with van der Waals surface area (Å²) >= 11 is 0. The van der Waals surface area contributed by atoms with Gasteiger partial charge in [0.1, 0.15) is 18.1 Å². The van der Waals surface area contributed by atoms with Gasteiger partial charge in [-0.05, 0) is 36.3 Å².